The molecule has 1 aliphatic rings. The zero-order valence-corrected chi connectivity index (χ0v) is 14.4. The van der Waals surface area contributed by atoms with E-state index in [-0.39, 0.29) is 18.5 Å². The molecule has 1 aromatic heterocycles. The summed E-state index contributed by atoms with van der Waals surface area (Å²) in [5.74, 6) is 5.83. The molecule has 1 atom stereocenters. The fraction of sp³-hybridized carbons (Fsp3) is 0.450. The molecule has 26 heavy (non-hydrogen) atoms. The highest BCUT2D eigenvalue weighted by atomic mass is 19.4. The van der Waals surface area contributed by atoms with E-state index in [0.717, 1.165) is 12.8 Å². The molecule has 138 valence electrons. The molecule has 1 aliphatic carbocycles. The van der Waals surface area contributed by atoms with Gasteiger partial charge in [-0.15, -0.1) is 18.2 Å². The number of alkyl halides is 3. The van der Waals surface area contributed by atoms with Crippen LogP contribution in [-0.4, -0.2) is 17.7 Å². The van der Waals surface area contributed by atoms with Gasteiger partial charge in [0.05, 0.1) is 0 Å². The van der Waals surface area contributed by atoms with Crippen molar-refractivity contribution in [3.8, 4) is 11.8 Å². The van der Waals surface area contributed by atoms with Crippen molar-refractivity contribution in [3.63, 3.8) is 0 Å². The van der Waals surface area contributed by atoms with Crippen LogP contribution in [0.25, 0.3) is 16.2 Å². The fourth-order valence-corrected chi connectivity index (χ4v) is 2.78. The van der Waals surface area contributed by atoms with Crippen LogP contribution in [0, 0.1) is 29.0 Å². The van der Waals surface area contributed by atoms with Crippen molar-refractivity contribution in [1.82, 2.24) is 4.98 Å². The molecular formula is C20H19F4N2-. The predicted molar refractivity (Wildman–Crippen MR) is 93.5 cm³/mol. The average molecular weight is 363 g/mol. The molecule has 1 unspecified atom stereocenters. The fourth-order valence-electron chi connectivity index (χ4n) is 2.78. The Hall–Kier alpha value is -2.29. The maximum absolute atomic E-state index is 13.7. The van der Waals surface area contributed by atoms with Crippen molar-refractivity contribution in [2.45, 2.75) is 38.8 Å². The van der Waals surface area contributed by atoms with E-state index >= 15 is 0 Å². The van der Waals surface area contributed by atoms with Gasteiger partial charge in [-0.3, -0.25) is 4.98 Å². The Bertz CT molecular complexity index is 846. The van der Waals surface area contributed by atoms with Gasteiger partial charge in [0, 0.05) is 30.3 Å². The summed E-state index contributed by atoms with van der Waals surface area (Å²) in [7, 11) is 0. The highest BCUT2D eigenvalue weighted by Gasteiger charge is 2.37. The minimum atomic E-state index is -4.28. The third-order valence-corrected chi connectivity index (χ3v) is 4.32. The molecule has 2 aromatic rings. The number of halogens is 4. The van der Waals surface area contributed by atoms with Crippen LogP contribution in [0.3, 0.4) is 0 Å². The maximum atomic E-state index is 13.7. The molecule has 0 amide bonds. The van der Waals surface area contributed by atoms with Gasteiger partial charge in [-0.05, 0) is 24.3 Å². The van der Waals surface area contributed by atoms with Crippen LogP contribution < -0.4 is 0 Å². The third-order valence-electron chi connectivity index (χ3n) is 4.32. The quantitative estimate of drug-likeness (QED) is 0.463. The Labute approximate surface area is 150 Å². The number of hydrogen-bond acceptors (Lipinski definition) is 1. The lowest BCUT2D eigenvalue weighted by Gasteiger charge is -2.36. The second-order valence-corrected chi connectivity index (χ2v) is 7.20. The SMILES string of the molecule is CC(CC#CC1CC1)(C[N-]c1cnc2c(F)cccc2c1)CC(F)(F)F. The summed E-state index contributed by atoms with van der Waals surface area (Å²) >= 11 is 0. The van der Waals surface area contributed by atoms with Gasteiger partial charge in [0.15, 0.2) is 0 Å². The molecule has 2 nitrogen and oxygen atoms in total. The first-order chi connectivity index (χ1) is 12.2. The molecule has 0 saturated heterocycles. The minimum absolute atomic E-state index is 0.0195. The summed E-state index contributed by atoms with van der Waals surface area (Å²) in [5.41, 5.74) is -0.441. The molecular weight excluding hydrogens is 344 g/mol. The van der Waals surface area contributed by atoms with Crippen molar-refractivity contribution in [1.29, 1.82) is 0 Å². The van der Waals surface area contributed by atoms with Crippen LogP contribution in [0.15, 0.2) is 30.5 Å². The van der Waals surface area contributed by atoms with Gasteiger partial charge < -0.3 is 5.32 Å². The first-order valence-corrected chi connectivity index (χ1v) is 8.51. The Kier molecular flexibility index (Phi) is 5.08. The Morgan fingerprint density at radius 2 is 2.04 bits per heavy atom. The van der Waals surface area contributed by atoms with Crippen LogP contribution in [0.2, 0.25) is 0 Å². The summed E-state index contributed by atoms with van der Waals surface area (Å²) in [4.78, 5) is 4.03. The van der Waals surface area contributed by atoms with E-state index in [1.165, 1.54) is 12.3 Å². The van der Waals surface area contributed by atoms with Crippen molar-refractivity contribution >= 4 is 16.6 Å². The summed E-state index contributed by atoms with van der Waals surface area (Å²) in [6.45, 7) is 1.54. The summed E-state index contributed by atoms with van der Waals surface area (Å²) < 4.78 is 52.6. The Morgan fingerprint density at radius 1 is 1.27 bits per heavy atom. The standard InChI is InChI=1S/C20H19F4N2/c1-19(12-20(22,23)24,9-3-4-14-7-8-14)13-26-16-10-15-5-2-6-17(21)18(15)25-11-16/h2,5-6,10-11,14H,7-9,12-13H2,1H3/q-1. The van der Waals surface area contributed by atoms with E-state index in [9.17, 15) is 17.6 Å². The molecule has 0 spiro atoms. The Morgan fingerprint density at radius 3 is 2.73 bits per heavy atom. The van der Waals surface area contributed by atoms with E-state index in [2.05, 4.69) is 22.1 Å². The zero-order valence-electron chi connectivity index (χ0n) is 14.4. The highest BCUT2D eigenvalue weighted by molar-refractivity contribution is 5.82. The van der Waals surface area contributed by atoms with Crippen molar-refractivity contribution in [2.75, 3.05) is 6.54 Å². The predicted octanol–water partition coefficient (Wildman–Crippen LogP) is 6.14. The molecule has 6 heteroatoms. The number of nitrogens with zero attached hydrogens (tertiary/aromatic N) is 2. The number of pyridine rings is 1. The van der Waals surface area contributed by atoms with Crippen molar-refractivity contribution in [3.05, 3.63) is 41.6 Å². The molecule has 3 rings (SSSR count). The number of para-hydroxylation sites is 1. The molecule has 0 bridgehead atoms. The molecule has 0 radical (unpaired) electrons. The number of benzene rings is 1. The van der Waals surface area contributed by atoms with Crippen LogP contribution in [0.1, 0.15) is 32.6 Å². The second kappa shape index (κ2) is 7.14. The summed E-state index contributed by atoms with van der Waals surface area (Å²) in [6, 6.07) is 6.20. The average Bonchev–Trinajstić information content (AvgIpc) is 3.36. The third kappa shape index (κ3) is 5.10. The van der Waals surface area contributed by atoms with Gasteiger partial charge in [-0.1, -0.05) is 31.0 Å². The van der Waals surface area contributed by atoms with Crippen molar-refractivity contribution < 1.29 is 17.6 Å². The molecule has 1 saturated carbocycles. The minimum Gasteiger partial charge on any atom is -0.683 e. The number of aromatic nitrogens is 1. The molecule has 0 N–H and O–H groups in total. The van der Waals surface area contributed by atoms with Gasteiger partial charge in [-0.2, -0.15) is 13.2 Å². The molecule has 1 heterocycles. The lowest BCUT2D eigenvalue weighted by atomic mass is 9.83. The maximum Gasteiger partial charge on any atom is 0.389 e. The second-order valence-electron chi connectivity index (χ2n) is 7.20. The van der Waals surface area contributed by atoms with Gasteiger partial charge in [0.1, 0.15) is 11.3 Å². The van der Waals surface area contributed by atoms with Gasteiger partial charge in [-0.25, -0.2) is 4.39 Å². The number of hydrogen-bond donors (Lipinski definition) is 0. The summed E-state index contributed by atoms with van der Waals surface area (Å²) in [6.07, 6.45) is -1.63. The molecule has 1 aromatic carbocycles. The number of rotatable bonds is 5. The van der Waals surface area contributed by atoms with Gasteiger partial charge in [0.25, 0.3) is 0 Å². The highest BCUT2D eigenvalue weighted by Crippen LogP contribution is 2.39. The zero-order chi connectivity index (χ0) is 18.8. The monoisotopic (exact) mass is 363 g/mol. The lowest BCUT2D eigenvalue weighted by Crippen LogP contribution is -2.28. The van der Waals surface area contributed by atoms with E-state index in [0.29, 0.717) is 17.0 Å². The van der Waals surface area contributed by atoms with Crippen molar-refractivity contribution in [2.24, 2.45) is 11.3 Å². The number of fused-ring (bicyclic) bond motifs is 1. The van der Waals surface area contributed by atoms with E-state index in [1.807, 2.05) is 0 Å². The van der Waals surface area contributed by atoms with Crippen LogP contribution >= 0.6 is 0 Å². The van der Waals surface area contributed by atoms with Gasteiger partial charge in [0.2, 0.25) is 0 Å². The largest absolute Gasteiger partial charge is 0.683 e. The van der Waals surface area contributed by atoms with Crippen LogP contribution in [0.5, 0.6) is 0 Å². The van der Waals surface area contributed by atoms with Crippen LogP contribution in [0.4, 0.5) is 23.2 Å². The van der Waals surface area contributed by atoms with Crippen LogP contribution in [-0.2, 0) is 0 Å². The molecule has 0 aliphatic heterocycles. The normalized spacial score (nSPS) is 16.7. The van der Waals surface area contributed by atoms with E-state index < -0.39 is 23.8 Å². The summed E-state index contributed by atoms with van der Waals surface area (Å²) in [5, 5.41) is 4.87. The lowest BCUT2D eigenvalue weighted by molar-refractivity contribution is -0.154. The van der Waals surface area contributed by atoms with E-state index in [4.69, 9.17) is 0 Å². The first kappa shape index (κ1) is 18.5. The van der Waals surface area contributed by atoms with E-state index in [1.54, 1.807) is 25.1 Å². The topological polar surface area (TPSA) is 27.0 Å². The molecule has 1 fully saturated rings. The smallest absolute Gasteiger partial charge is 0.389 e. The Balaban J connectivity index is 1.73. The first-order valence-electron chi connectivity index (χ1n) is 8.51. The van der Waals surface area contributed by atoms with Gasteiger partial charge >= 0.3 is 6.18 Å².